The number of hydrogen-bond donors (Lipinski definition) is 0. The van der Waals surface area contributed by atoms with E-state index in [1.165, 1.54) is 6.17 Å². The van der Waals surface area contributed by atoms with Crippen LogP contribution >= 0.6 is 0 Å². The molecule has 1 fully saturated rings. The van der Waals surface area contributed by atoms with E-state index in [9.17, 15) is 9.18 Å². The number of hydrogen-bond acceptors (Lipinski definition) is 4. The van der Waals surface area contributed by atoms with Crippen molar-refractivity contribution in [3.8, 4) is 12.1 Å². The second kappa shape index (κ2) is 4.10. The van der Waals surface area contributed by atoms with Gasteiger partial charge in [0.25, 0.3) is 5.79 Å². The first-order valence-electron chi connectivity index (χ1n) is 3.80. The number of carbonyl (C=O) groups excluding carboxylic acids is 1. The van der Waals surface area contributed by atoms with Gasteiger partial charge in [0.15, 0.2) is 6.61 Å². The number of halogens is 1. The van der Waals surface area contributed by atoms with Crippen molar-refractivity contribution in [2.24, 2.45) is 0 Å². The summed E-state index contributed by atoms with van der Waals surface area (Å²) in [6.07, 6.45) is 0.857. The van der Waals surface area contributed by atoms with Gasteiger partial charge in [-0.05, 0) is 5.92 Å². The van der Waals surface area contributed by atoms with Crippen molar-refractivity contribution in [1.29, 1.82) is 0 Å². The van der Waals surface area contributed by atoms with Crippen LogP contribution in [-0.2, 0) is 14.2 Å². The Hall–Kier alpha value is -1.28. The topological polar surface area (TPSA) is 44.8 Å². The molecule has 72 valence electrons. The normalized spacial score (nSPS) is 25.8. The maximum Gasteiger partial charge on any atom is 0.511 e. The lowest BCUT2D eigenvalue weighted by Crippen LogP contribution is -2.34. The number of cyclic esters (lactones) is 2. The van der Waals surface area contributed by atoms with Gasteiger partial charge in [-0.3, -0.25) is 0 Å². The van der Waals surface area contributed by atoms with E-state index in [1.54, 1.807) is 6.92 Å². The Morgan fingerprint density at radius 1 is 1.77 bits per heavy atom. The van der Waals surface area contributed by atoms with E-state index in [0.717, 1.165) is 0 Å². The van der Waals surface area contributed by atoms with Gasteiger partial charge in [0.1, 0.15) is 12.8 Å². The van der Waals surface area contributed by atoms with Crippen LogP contribution in [-0.4, -0.2) is 25.2 Å². The van der Waals surface area contributed by atoms with Crippen LogP contribution in [0.5, 0.6) is 0 Å². The molecule has 0 spiro atoms. The molecule has 1 aliphatic rings. The third kappa shape index (κ3) is 2.33. The fraction of sp³-hybridized carbons (Fsp3) is 0.625. The molecule has 0 aliphatic carbocycles. The van der Waals surface area contributed by atoms with E-state index in [0.29, 0.717) is 6.42 Å². The van der Waals surface area contributed by atoms with E-state index in [2.05, 4.69) is 10.7 Å². The van der Waals surface area contributed by atoms with Crippen LogP contribution in [0.2, 0.25) is 0 Å². The average molecular weight is 188 g/mol. The quantitative estimate of drug-likeness (QED) is 0.493. The molecule has 1 unspecified atom stereocenters. The lowest BCUT2D eigenvalue weighted by atomic mass is 10.2. The molecule has 13 heavy (non-hydrogen) atoms. The molecule has 1 atom stereocenters. The predicted octanol–water partition coefficient (Wildman–Crippen LogP) is 1.21. The second-order valence-corrected chi connectivity index (χ2v) is 2.46. The van der Waals surface area contributed by atoms with Crippen LogP contribution in [0.1, 0.15) is 13.3 Å². The van der Waals surface area contributed by atoms with Crippen molar-refractivity contribution in [2.45, 2.75) is 19.1 Å². The summed E-state index contributed by atoms with van der Waals surface area (Å²) in [5.41, 5.74) is 0. The highest BCUT2D eigenvalue weighted by molar-refractivity contribution is 5.62. The van der Waals surface area contributed by atoms with Crippen molar-refractivity contribution in [2.75, 3.05) is 13.2 Å². The first-order valence-corrected chi connectivity index (χ1v) is 3.80. The van der Waals surface area contributed by atoms with Gasteiger partial charge >= 0.3 is 6.16 Å². The molecule has 0 saturated carbocycles. The summed E-state index contributed by atoms with van der Waals surface area (Å²) in [6, 6.07) is 0. The summed E-state index contributed by atoms with van der Waals surface area (Å²) in [5.74, 6) is 0.981. The molecule has 1 saturated heterocycles. The lowest BCUT2D eigenvalue weighted by Gasteiger charge is -2.21. The van der Waals surface area contributed by atoms with Gasteiger partial charge in [0.05, 0.1) is 0 Å². The van der Waals surface area contributed by atoms with Gasteiger partial charge in [-0.1, -0.05) is 6.92 Å². The highest BCUT2D eigenvalue weighted by Gasteiger charge is 2.41. The van der Waals surface area contributed by atoms with Gasteiger partial charge in [0.2, 0.25) is 0 Å². The molecule has 0 radical (unpaired) electrons. The van der Waals surface area contributed by atoms with Gasteiger partial charge in [-0.2, -0.15) is 0 Å². The highest BCUT2D eigenvalue weighted by Crippen LogP contribution is 2.24. The molecule has 0 aromatic heterocycles. The Balaban J connectivity index is 2.49. The summed E-state index contributed by atoms with van der Waals surface area (Å²) < 4.78 is 25.8. The SMILES string of the molecule is CCC1(OCC#CF)COC(=O)O1. The van der Waals surface area contributed by atoms with E-state index in [4.69, 9.17) is 9.47 Å². The summed E-state index contributed by atoms with van der Waals surface area (Å²) in [5, 5.41) is 0. The van der Waals surface area contributed by atoms with Gasteiger partial charge in [-0.15, -0.1) is 4.39 Å². The van der Waals surface area contributed by atoms with Crippen LogP contribution in [0.3, 0.4) is 0 Å². The Bertz CT molecular complexity index is 255. The Morgan fingerprint density at radius 3 is 3.00 bits per heavy atom. The monoisotopic (exact) mass is 188 g/mol. The molecule has 0 amide bonds. The van der Waals surface area contributed by atoms with Crippen LogP contribution in [0.4, 0.5) is 9.18 Å². The Kier molecular flexibility index (Phi) is 3.09. The molecule has 0 N–H and O–H groups in total. The van der Waals surface area contributed by atoms with Crippen LogP contribution in [0.25, 0.3) is 0 Å². The van der Waals surface area contributed by atoms with Gasteiger partial charge in [-0.25, -0.2) is 4.79 Å². The zero-order valence-electron chi connectivity index (χ0n) is 7.13. The molecule has 0 aromatic rings. The zero-order valence-corrected chi connectivity index (χ0v) is 7.13. The maximum atomic E-state index is 11.4. The minimum absolute atomic E-state index is 0.0241. The minimum atomic E-state index is -1.08. The van der Waals surface area contributed by atoms with E-state index in [1.807, 2.05) is 0 Å². The number of carbonyl (C=O) groups is 1. The first kappa shape index (κ1) is 9.81. The fourth-order valence-corrected chi connectivity index (χ4v) is 0.922. The zero-order chi connectivity index (χ0) is 9.73. The van der Waals surface area contributed by atoms with Gasteiger partial charge in [0, 0.05) is 6.42 Å². The molecule has 1 rings (SSSR count). The van der Waals surface area contributed by atoms with Crippen molar-refractivity contribution in [1.82, 2.24) is 0 Å². The summed E-state index contributed by atoms with van der Waals surface area (Å²) in [7, 11) is 0. The largest absolute Gasteiger partial charge is 0.511 e. The van der Waals surface area contributed by atoms with Crippen molar-refractivity contribution < 1.29 is 23.4 Å². The lowest BCUT2D eigenvalue weighted by molar-refractivity contribution is -0.172. The maximum absolute atomic E-state index is 11.4. The smallest absolute Gasteiger partial charge is 0.427 e. The Labute approximate surface area is 75.0 Å². The van der Waals surface area contributed by atoms with Crippen molar-refractivity contribution in [3.05, 3.63) is 0 Å². The van der Waals surface area contributed by atoms with Crippen molar-refractivity contribution in [3.63, 3.8) is 0 Å². The van der Waals surface area contributed by atoms with Gasteiger partial charge < -0.3 is 14.2 Å². The highest BCUT2D eigenvalue weighted by atomic mass is 19.1. The standard InChI is InChI=1S/C8H9FO4/c1-2-8(12-5-3-4-9)6-11-7(10)13-8/h2,5-6H2,1H3. The van der Waals surface area contributed by atoms with E-state index < -0.39 is 11.9 Å². The van der Waals surface area contributed by atoms with Crippen LogP contribution in [0, 0.1) is 12.1 Å². The Morgan fingerprint density at radius 2 is 2.54 bits per heavy atom. The summed E-state index contributed by atoms with van der Waals surface area (Å²) in [4.78, 5) is 10.6. The van der Waals surface area contributed by atoms with Crippen LogP contribution < -0.4 is 0 Å². The molecule has 0 bridgehead atoms. The minimum Gasteiger partial charge on any atom is -0.427 e. The molecule has 1 aliphatic heterocycles. The second-order valence-electron chi connectivity index (χ2n) is 2.46. The average Bonchev–Trinajstić information content (AvgIpc) is 2.49. The molecular formula is C8H9FO4. The number of ether oxygens (including phenoxy) is 3. The molecular weight excluding hydrogens is 179 g/mol. The summed E-state index contributed by atoms with van der Waals surface area (Å²) >= 11 is 0. The predicted molar refractivity (Wildman–Crippen MR) is 40.3 cm³/mol. The number of rotatable bonds is 3. The third-order valence-electron chi connectivity index (χ3n) is 1.69. The van der Waals surface area contributed by atoms with E-state index in [-0.39, 0.29) is 13.2 Å². The van der Waals surface area contributed by atoms with Crippen LogP contribution in [0.15, 0.2) is 0 Å². The van der Waals surface area contributed by atoms with E-state index >= 15 is 0 Å². The van der Waals surface area contributed by atoms with Crippen molar-refractivity contribution >= 4 is 6.16 Å². The molecule has 0 aromatic carbocycles. The first-order chi connectivity index (χ1) is 6.22. The molecule has 1 heterocycles. The summed E-state index contributed by atoms with van der Waals surface area (Å²) in [6.45, 7) is 1.67. The fourth-order valence-electron chi connectivity index (χ4n) is 0.922. The third-order valence-corrected chi connectivity index (χ3v) is 1.69. The molecule has 4 nitrogen and oxygen atoms in total. The molecule has 5 heteroatoms.